The average molecular weight is 180 g/mol. The number of benzene rings is 1. The monoisotopic (exact) mass is 180 g/mol. The summed E-state index contributed by atoms with van der Waals surface area (Å²) in [6.45, 7) is 1.54. The Balaban J connectivity index is 2.84. The highest BCUT2D eigenvalue weighted by molar-refractivity contribution is 5.90. The Morgan fingerprint density at radius 3 is 2.85 bits per heavy atom. The van der Waals surface area contributed by atoms with Crippen molar-refractivity contribution in [2.45, 2.75) is 6.92 Å². The highest BCUT2D eigenvalue weighted by Gasteiger charge is 2.02. The molecule has 1 amide bonds. The van der Waals surface area contributed by atoms with Gasteiger partial charge in [0.15, 0.2) is 0 Å². The number of carbonyl (C=O) groups excluding carboxylic acids is 1. The van der Waals surface area contributed by atoms with Gasteiger partial charge in [-0.3, -0.25) is 10.5 Å². The minimum absolute atomic E-state index is 0.0938. The summed E-state index contributed by atoms with van der Waals surface area (Å²) in [5.74, 6) is 0.452. The molecule has 0 fully saturated rings. The van der Waals surface area contributed by atoms with Gasteiger partial charge in [0.05, 0.1) is 5.69 Å². The van der Waals surface area contributed by atoms with Crippen LogP contribution in [0.3, 0.4) is 0 Å². The zero-order valence-corrected chi connectivity index (χ0v) is 7.41. The molecule has 0 saturated heterocycles. The molecule has 3 N–H and O–H groups in total. The van der Waals surface area contributed by atoms with Crippen LogP contribution in [0.2, 0.25) is 0 Å². The summed E-state index contributed by atoms with van der Waals surface area (Å²) in [6.07, 6.45) is 0. The lowest BCUT2D eigenvalue weighted by molar-refractivity contribution is -0.114. The summed E-state index contributed by atoms with van der Waals surface area (Å²) in [7, 11) is 0. The van der Waals surface area contributed by atoms with Crippen LogP contribution in [0.15, 0.2) is 24.3 Å². The van der Waals surface area contributed by atoms with Crippen LogP contribution in [-0.4, -0.2) is 12.6 Å². The lowest BCUT2D eigenvalue weighted by Gasteiger charge is -2.09. The maximum atomic E-state index is 10.8. The van der Waals surface area contributed by atoms with Crippen LogP contribution in [0.1, 0.15) is 6.92 Å². The molecule has 70 valence electrons. The Morgan fingerprint density at radius 1 is 1.54 bits per heavy atom. The van der Waals surface area contributed by atoms with Crippen LogP contribution in [0.4, 0.5) is 5.69 Å². The van der Waals surface area contributed by atoms with E-state index >= 15 is 0 Å². The fraction of sp³-hybridized carbons (Fsp3) is 0.222. The Kier molecular flexibility index (Phi) is 3.28. The molecule has 0 unspecified atom stereocenters. The Morgan fingerprint density at radius 2 is 2.23 bits per heavy atom. The van der Waals surface area contributed by atoms with Gasteiger partial charge in [-0.05, 0) is 12.1 Å². The summed E-state index contributed by atoms with van der Waals surface area (Å²) >= 11 is 0. The van der Waals surface area contributed by atoms with E-state index in [1.54, 1.807) is 12.1 Å². The average Bonchev–Trinajstić information content (AvgIpc) is 2.08. The molecular formula is C9H12N2O2. The number of anilines is 1. The first kappa shape index (κ1) is 9.54. The highest BCUT2D eigenvalue weighted by atomic mass is 16.5. The van der Waals surface area contributed by atoms with Crippen molar-refractivity contribution in [3.63, 3.8) is 0 Å². The molecule has 0 bridgehead atoms. The molecule has 1 aromatic rings. The van der Waals surface area contributed by atoms with Crippen molar-refractivity contribution < 1.29 is 9.53 Å². The van der Waals surface area contributed by atoms with Crippen LogP contribution in [-0.2, 0) is 4.79 Å². The molecule has 0 spiro atoms. The lowest BCUT2D eigenvalue weighted by atomic mass is 10.3. The van der Waals surface area contributed by atoms with E-state index in [9.17, 15) is 4.79 Å². The standard InChI is InChI=1S/C9H12N2O2/c1-7(12)11-8-4-2-3-5-9(8)13-6-10/h2-5H,6,10H2,1H3,(H,11,12). The number of carbonyl (C=O) groups is 1. The molecule has 0 atom stereocenters. The van der Waals surface area contributed by atoms with E-state index in [0.717, 1.165) is 0 Å². The summed E-state index contributed by atoms with van der Waals surface area (Å²) in [5.41, 5.74) is 5.86. The van der Waals surface area contributed by atoms with E-state index in [0.29, 0.717) is 11.4 Å². The fourth-order valence-corrected chi connectivity index (χ4v) is 0.975. The SMILES string of the molecule is CC(=O)Nc1ccccc1OCN. The first-order valence-corrected chi connectivity index (χ1v) is 3.93. The van der Waals surface area contributed by atoms with Crippen molar-refractivity contribution in [2.24, 2.45) is 5.73 Å². The third kappa shape index (κ3) is 2.76. The molecule has 4 heteroatoms. The highest BCUT2D eigenvalue weighted by Crippen LogP contribution is 2.22. The van der Waals surface area contributed by atoms with Crippen molar-refractivity contribution in [3.05, 3.63) is 24.3 Å². The predicted octanol–water partition coefficient (Wildman–Crippen LogP) is 0.940. The molecular weight excluding hydrogens is 168 g/mol. The summed E-state index contributed by atoms with van der Waals surface area (Å²) in [6, 6.07) is 7.13. The number of nitrogens with one attached hydrogen (secondary N) is 1. The Hall–Kier alpha value is -1.55. The van der Waals surface area contributed by atoms with E-state index in [4.69, 9.17) is 10.5 Å². The van der Waals surface area contributed by atoms with Crippen LogP contribution >= 0.6 is 0 Å². The number of hydrogen-bond donors (Lipinski definition) is 2. The van der Waals surface area contributed by atoms with Gasteiger partial charge in [-0.2, -0.15) is 0 Å². The predicted molar refractivity (Wildman–Crippen MR) is 50.4 cm³/mol. The Bertz CT molecular complexity index is 299. The normalized spacial score (nSPS) is 9.38. The summed E-state index contributed by atoms with van der Waals surface area (Å²) in [5, 5.41) is 2.64. The molecule has 0 heterocycles. The largest absolute Gasteiger partial charge is 0.476 e. The quantitative estimate of drug-likeness (QED) is 0.680. The van der Waals surface area contributed by atoms with Crippen molar-refractivity contribution in [1.29, 1.82) is 0 Å². The minimum atomic E-state index is -0.131. The number of rotatable bonds is 3. The van der Waals surface area contributed by atoms with E-state index in [-0.39, 0.29) is 12.6 Å². The van der Waals surface area contributed by atoms with Gasteiger partial charge in [0.25, 0.3) is 0 Å². The number of hydrogen-bond acceptors (Lipinski definition) is 3. The van der Waals surface area contributed by atoms with Crippen LogP contribution in [0, 0.1) is 0 Å². The van der Waals surface area contributed by atoms with Gasteiger partial charge < -0.3 is 10.1 Å². The van der Waals surface area contributed by atoms with Gasteiger partial charge in [0, 0.05) is 6.92 Å². The van der Waals surface area contributed by atoms with Gasteiger partial charge in [-0.1, -0.05) is 12.1 Å². The maximum Gasteiger partial charge on any atom is 0.221 e. The fourth-order valence-electron chi connectivity index (χ4n) is 0.975. The van der Waals surface area contributed by atoms with E-state index in [1.807, 2.05) is 12.1 Å². The molecule has 1 aromatic carbocycles. The zero-order chi connectivity index (χ0) is 9.68. The number of para-hydroxylation sites is 2. The van der Waals surface area contributed by atoms with Crippen LogP contribution in [0.25, 0.3) is 0 Å². The van der Waals surface area contributed by atoms with Crippen molar-refractivity contribution in [3.8, 4) is 5.75 Å². The minimum Gasteiger partial charge on any atom is -0.476 e. The molecule has 0 aromatic heterocycles. The number of amides is 1. The lowest BCUT2D eigenvalue weighted by Crippen LogP contribution is -2.11. The van der Waals surface area contributed by atoms with Crippen molar-refractivity contribution >= 4 is 11.6 Å². The molecule has 13 heavy (non-hydrogen) atoms. The second-order valence-electron chi connectivity index (χ2n) is 2.49. The number of nitrogens with two attached hydrogens (primary N) is 1. The second-order valence-corrected chi connectivity index (χ2v) is 2.49. The third-order valence-corrected chi connectivity index (χ3v) is 1.44. The first-order chi connectivity index (χ1) is 6.24. The summed E-state index contributed by atoms with van der Waals surface area (Å²) in [4.78, 5) is 10.8. The van der Waals surface area contributed by atoms with Gasteiger partial charge in [0.1, 0.15) is 12.5 Å². The van der Waals surface area contributed by atoms with Gasteiger partial charge in [0.2, 0.25) is 5.91 Å². The van der Waals surface area contributed by atoms with E-state index < -0.39 is 0 Å². The van der Waals surface area contributed by atoms with Gasteiger partial charge in [-0.15, -0.1) is 0 Å². The Labute approximate surface area is 76.7 Å². The molecule has 0 radical (unpaired) electrons. The maximum absolute atomic E-state index is 10.8. The molecule has 0 aliphatic heterocycles. The zero-order valence-electron chi connectivity index (χ0n) is 7.41. The molecule has 0 saturated carbocycles. The van der Waals surface area contributed by atoms with Gasteiger partial charge in [-0.25, -0.2) is 0 Å². The molecule has 0 aliphatic rings. The van der Waals surface area contributed by atoms with Crippen molar-refractivity contribution in [2.75, 3.05) is 12.0 Å². The summed E-state index contributed by atoms with van der Waals surface area (Å²) < 4.78 is 5.10. The second kappa shape index (κ2) is 4.47. The molecule has 0 aliphatic carbocycles. The van der Waals surface area contributed by atoms with Crippen molar-refractivity contribution in [1.82, 2.24) is 0 Å². The topological polar surface area (TPSA) is 64.3 Å². The van der Waals surface area contributed by atoms with Gasteiger partial charge >= 0.3 is 0 Å². The number of ether oxygens (including phenoxy) is 1. The third-order valence-electron chi connectivity index (χ3n) is 1.44. The van der Waals surface area contributed by atoms with E-state index in [2.05, 4.69) is 5.32 Å². The smallest absolute Gasteiger partial charge is 0.221 e. The van der Waals surface area contributed by atoms with E-state index in [1.165, 1.54) is 6.92 Å². The molecule has 4 nitrogen and oxygen atoms in total. The molecule has 1 rings (SSSR count). The first-order valence-electron chi connectivity index (χ1n) is 3.93. The van der Waals surface area contributed by atoms with Crippen LogP contribution < -0.4 is 15.8 Å². The van der Waals surface area contributed by atoms with Crippen LogP contribution in [0.5, 0.6) is 5.75 Å².